The number of aromatic nitrogens is 2. The van der Waals surface area contributed by atoms with Gasteiger partial charge in [0.1, 0.15) is 6.33 Å². The zero-order valence-electron chi connectivity index (χ0n) is 10.9. The standard InChI is InChI=1S/C11H15N5O4/c1-12-9-8(16(19)20)10(14-6-13-9)15-4-2-7(3-5-15)11(17)18/h6-7H,2-5H2,1H3,(H,17,18)(H,12,13,14). The summed E-state index contributed by atoms with van der Waals surface area (Å²) >= 11 is 0. The maximum atomic E-state index is 11.2. The summed E-state index contributed by atoms with van der Waals surface area (Å²) in [5.74, 6) is -0.827. The summed E-state index contributed by atoms with van der Waals surface area (Å²) < 4.78 is 0. The van der Waals surface area contributed by atoms with Crippen molar-refractivity contribution in [2.24, 2.45) is 5.92 Å². The van der Waals surface area contributed by atoms with Crippen molar-refractivity contribution in [1.29, 1.82) is 0 Å². The number of nitrogens with one attached hydrogen (secondary N) is 1. The van der Waals surface area contributed by atoms with Crippen LogP contribution < -0.4 is 10.2 Å². The molecule has 0 spiro atoms. The second kappa shape index (κ2) is 5.68. The Balaban J connectivity index is 2.26. The SMILES string of the molecule is CNc1ncnc(N2CCC(C(=O)O)CC2)c1[N+](=O)[O-]. The zero-order valence-corrected chi connectivity index (χ0v) is 10.9. The highest BCUT2D eigenvalue weighted by atomic mass is 16.6. The molecule has 0 amide bonds. The van der Waals surface area contributed by atoms with Crippen LogP contribution in [0.4, 0.5) is 17.3 Å². The Bertz CT molecular complexity index is 528. The molecular weight excluding hydrogens is 266 g/mol. The van der Waals surface area contributed by atoms with Crippen molar-refractivity contribution in [3.05, 3.63) is 16.4 Å². The van der Waals surface area contributed by atoms with Crippen LogP contribution in [0.1, 0.15) is 12.8 Å². The lowest BCUT2D eigenvalue weighted by molar-refractivity contribution is -0.383. The normalized spacial score (nSPS) is 15.9. The third-order valence-electron chi connectivity index (χ3n) is 3.37. The highest BCUT2D eigenvalue weighted by Gasteiger charge is 2.31. The first-order valence-electron chi connectivity index (χ1n) is 6.19. The fourth-order valence-corrected chi connectivity index (χ4v) is 2.29. The molecule has 9 heteroatoms. The Kier molecular flexibility index (Phi) is 3.97. The molecule has 0 aromatic carbocycles. The summed E-state index contributed by atoms with van der Waals surface area (Å²) in [4.78, 5) is 31.1. The molecule has 9 nitrogen and oxygen atoms in total. The molecule has 0 radical (unpaired) electrons. The molecule has 1 aliphatic rings. The van der Waals surface area contributed by atoms with Crippen LogP contribution in [0, 0.1) is 16.0 Å². The van der Waals surface area contributed by atoms with Gasteiger partial charge in [-0.1, -0.05) is 0 Å². The predicted molar refractivity (Wildman–Crippen MR) is 70.8 cm³/mol. The van der Waals surface area contributed by atoms with E-state index in [2.05, 4.69) is 15.3 Å². The lowest BCUT2D eigenvalue weighted by atomic mass is 9.97. The van der Waals surface area contributed by atoms with E-state index in [0.717, 1.165) is 0 Å². The summed E-state index contributed by atoms with van der Waals surface area (Å²) in [6.45, 7) is 0.857. The van der Waals surface area contributed by atoms with Crippen molar-refractivity contribution in [2.45, 2.75) is 12.8 Å². The van der Waals surface area contributed by atoms with Gasteiger partial charge in [0.2, 0.25) is 11.6 Å². The molecule has 0 saturated carbocycles. The Labute approximate surface area is 114 Å². The van der Waals surface area contributed by atoms with E-state index in [1.165, 1.54) is 6.33 Å². The molecule has 2 N–H and O–H groups in total. The van der Waals surface area contributed by atoms with Gasteiger partial charge in [-0.15, -0.1) is 0 Å². The molecule has 0 unspecified atom stereocenters. The van der Waals surface area contributed by atoms with Crippen molar-refractivity contribution < 1.29 is 14.8 Å². The van der Waals surface area contributed by atoms with Crippen LogP contribution in [-0.4, -0.2) is 46.1 Å². The summed E-state index contributed by atoms with van der Waals surface area (Å²) in [5.41, 5.74) is -0.177. The number of piperidine rings is 1. The van der Waals surface area contributed by atoms with Crippen LogP contribution in [0.3, 0.4) is 0 Å². The molecule has 2 rings (SSSR count). The smallest absolute Gasteiger partial charge is 0.353 e. The summed E-state index contributed by atoms with van der Waals surface area (Å²) in [5, 5.41) is 22.8. The van der Waals surface area contributed by atoms with Crippen molar-refractivity contribution in [3.63, 3.8) is 0 Å². The highest BCUT2D eigenvalue weighted by molar-refractivity contribution is 5.72. The number of aliphatic carboxylic acids is 1. The number of carboxylic acid groups (broad SMARTS) is 1. The Morgan fingerprint density at radius 2 is 2.15 bits per heavy atom. The van der Waals surface area contributed by atoms with Gasteiger partial charge in [0.25, 0.3) is 0 Å². The van der Waals surface area contributed by atoms with E-state index in [1.807, 2.05) is 0 Å². The number of hydrogen-bond donors (Lipinski definition) is 2. The van der Waals surface area contributed by atoms with Gasteiger partial charge in [0.05, 0.1) is 10.8 Å². The first kappa shape index (κ1) is 14.0. The van der Waals surface area contributed by atoms with Crippen molar-refractivity contribution in [3.8, 4) is 0 Å². The Hall–Kier alpha value is -2.45. The molecule has 108 valence electrons. The van der Waals surface area contributed by atoms with Gasteiger partial charge in [-0.05, 0) is 12.8 Å². The monoisotopic (exact) mass is 281 g/mol. The first-order chi connectivity index (χ1) is 9.54. The fourth-order valence-electron chi connectivity index (χ4n) is 2.29. The minimum Gasteiger partial charge on any atom is -0.481 e. The topological polar surface area (TPSA) is 121 Å². The van der Waals surface area contributed by atoms with Gasteiger partial charge in [-0.25, -0.2) is 9.97 Å². The van der Waals surface area contributed by atoms with Crippen LogP contribution >= 0.6 is 0 Å². The van der Waals surface area contributed by atoms with E-state index >= 15 is 0 Å². The minimum atomic E-state index is -0.822. The summed E-state index contributed by atoms with van der Waals surface area (Å²) in [7, 11) is 1.55. The number of nitro groups is 1. The molecule has 1 aromatic rings. The number of carbonyl (C=O) groups is 1. The molecule has 1 saturated heterocycles. The van der Waals surface area contributed by atoms with Crippen LogP contribution in [-0.2, 0) is 4.79 Å². The number of carboxylic acids is 1. The Morgan fingerprint density at radius 1 is 1.50 bits per heavy atom. The van der Waals surface area contributed by atoms with E-state index in [-0.39, 0.29) is 17.3 Å². The largest absolute Gasteiger partial charge is 0.481 e. The van der Waals surface area contributed by atoms with Crippen molar-refractivity contribution in [1.82, 2.24) is 9.97 Å². The van der Waals surface area contributed by atoms with E-state index in [0.29, 0.717) is 25.9 Å². The van der Waals surface area contributed by atoms with Crippen molar-refractivity contribution >= 4 is 23.3 Å². The van der Waals surface area contributed by atoms with Gasteiger partial charge >= 0.3 is 11.7 Å². The van der Waals surface area contributed by atoms with E-state index in [4.69, 9.17) is 5.11 Å². The second-order valence-corrected chi connectivity index (χ2v) is 4.50. The van der Waals surface area contributed by atoms with Gasteiger partial charge in [-0.3, -0.25) is 14.9 Å². The van der Waals surface area contributed by atoms with Crippen molar-refractivity contribution in [2.75, 3.05) is 30.4 Å². The molecule has 20 heavy (non-hydrogen) atoms. The quantitative estimate of drug-likeness (QED) is 0.611. The molecule has 2 heterocycles. The second-order valence-electron chi connectivity index (χ2n) is 4.50. The molecule has 1 fully saturated rings. The first-order valence-corrected chi connectivity index (χ1v) is 6.19. The molecule has 0 aliphatic carbocycles. The van der Waals surface area contributed by atoms with Crippen LogP contribution in [0.15, 0.2) is 6.33 Å². The maximum Gasteiger partial charge on any atom is 0.353 e. The van der Waals surface area contributed by atoms with Gasteiger partial charge < -0.3 is 15.3 Å². The van der Waals surface area contributed by atoms with Crippen LogP contribution in [0.25, 0.3) is 0 Å². The highest BCUT2D eigenvalue weighted by Crippen LogP contribution is 2.33. The minimum absolute atomic E-state index is 0.153. The fraction of sp³-hybridized carbons (Fsp3) is 0.545. The predicted octanol–water partition coefficient (Wildman–Crippen LogP) is 0.728. The average molecular weight is 281 g/mol. The van der Waals surface area contributed by atoms with Gasteiger partial charge in [0.15, 0.2) is 0 Å². The molecule has 1 aromatic heterocycles. The van der Waals surface area contributed by atoms with E-state index in [1.54, 1.807) is 11.9 Å². The van der Waals surface area contributed by atoms with Crippen LogP contribution in [0.5, 0.6) is 0 Å². The molecule has 0 atom stereocenters. The number of rotatable bonds is 4. The summed E-state index contributed by atoms with van der Waals surface area (Å²) in [6.07, 6.45) is 2.16. The third kappa shape index (κ3) is 2.60. The number of anilines is 2. The van der Waals surface area contributed by atoms with Gasteiger partial charge in [-0.2, -0.15) is 0 Å². The zero-order chi connectivity index (χ0) is 14.7. The third-order valence-corrected chi connectivity index (χ3v) is 3.37. The van der Waals surface area contributed by atoms with Gasteiger partial charge in [0, 0.05) is 20.1 Å². The Morgan fingerprint density at radius 3 is 2.65 bits per heavy atom. The summed E-state index contributed by atoms with van der Waals surface area (Å²) in [6, 6.07) is 0. The number of nitrogens with zero attached hydrogens (tertiary/aromatic N) is 4. The molecule has 1 aliphatic heterocycles. The lowest BCUT2D eigenvalue weighted by Gasteiger charge is -2.30. The van der Waals surface area contributed by atoms with E-state index < -0.39 is 16.8 Å². The number of hydrogen-bond acceptors (Lipinski definition) is 7. The van der Waals surface area contributed by atoms with E-state index in [9.17, 15) is 14.9 Å². The molecule has 0 bridgehead atoms. The van der Waals surface area contributed by atoms with Crippen LogP contribution in [0.2, 0.25) is 0 Å². The lowest BCUT2D eigenvalue weighted by Crippen LogP contribution is -2.37. The maximum absolute atomic E-state index is 11.2. The molecular formula is C11H15N5O4. The average Bonchev–Trinajstić information content (AvgIpc) is 2.46.